The molecule has 4 heteroatoms. The predicted molar refractivity (Wildman–Crippen MR) is 78.8 cm³/mol. The van der Waals surface area contributed by atoms with E-state index in [2.05, 4.69) is 19.1 Å². The van der Waals surface area contributed by atoms with Crippen LogP contribution in [0.1, 0.15) is 51.5 Å². The molecule has 0 amide bonds. The van der Waals surface area contributed by atoms with Crippen LogP contribution < -0.4 is 4.74 Å². The van der Waals surface area contributed by atoms with Gasteiger partial charge >= 0.3 is 0 Å². The molecular weight excluding hydrogens is 376 g/mol. The van der Waals surface area contributed by atoms with E-state index >= 15 is 0 Å². The van der Waals surface area contributed by atoms with Gasteiger partial charge in [0.1, 0.15) is 0 Å². The number of ether oxygens (including phenoxy) is 1. The molecule has 0 fully saturated rings. The van der Waals surface area contributed by atoms with E-state index in [4.69, 9.17) is 4.74 Å². The summed E-state index contributed by atoms with van der Waals surface area (Å²) in [6.07, 6.45) is 5.77. The maximum atomic E-state index is 10.1. The first-order chi connectivity index (χ1) is 8.58. The van der Waals surface area contributed by atoms with E-state index in [1.807, 2.05) is 19.9 Å². The number of benzene rings is 1. The van der Waals surface area contributed by atoms with Crippen LogP contribution in [-0.2, 0) is 0 Å². The summed E-state index contributed by atoms with van der Waals surface area (Å²) in [5.41, 5.74) is 2.32. The third-order valence-electron chi connectivity index (χ3n) is 3.28. The molecule has 0 saturated carbocycles. The number of phenols is 1. The second kappa shape index (κ2) is 9.10. The van der Waals surface area contributed by atoms with Crippen molar-refractivity contribution >= 4 is 8.41 Å². The van der Waals surface area contributed by atoms with E-state index in [-0.39, 0.29) is 61.7 Å². The molecule has 1 N–H and O–H groups in total. The van der Waals surface area contributed by atoms with E-state index in [0.717, 1.165) is 24.2 Å². The standard InChI is InChI=1S/C16H21O2.B.Pr/c1-11(2)18-15-9-5-8-14(17)16(15)13-7-4-6-12(3)10-13;;/h8-11,13,17H,4,6-7H2,1-3H3;;/q-1;;. The summed E-state index contributed by atoms with van der Waals surface area (Å²) in [5, 5.41) is 10.1. The van der Waals surface area contributed by atoms with Gasteiger partial charge in [-0.3, -0.25) is 0 Å². The molecule has 104 valence electrons. The molecule has 4 radical (unpaired) electrons. The zero-order valence-corrected chi connectivity index (χ0v) is 16.2. The van der Waals surface area contributed by atoms with Gasteiger partial charge in [-0.05, 0) is 46.0 Å². The van der Waals surface area contributed by atoms with Crippen LogP contribution in [0.25, 0.3) is 0 Å². The third kappa shape index (κ3) is 5.07. The normalized spacial score (nSPS) is 17.8. The fraction of sp³-hybridized carbons (Fsp3) is 0.500. The fourth-order valence-corrected chi connectivity index (χ4v) is 2.54. The molecule has 20 heavy (non-hydrogen) atoms. The van der Waals surface area contributed by atoms with Crippen LogP contribution in [-0.4, -0.2) is 19.6 Å². The predicted octanol–water partition coefficient (Wildman–Crippen LogP) is 3.81. The molecule has 1 aliphatic rings. The number of rotatable bonds is 3. The van der Waals surface area contributed by atoms with Crippen LogP contribution in [0.5, 0.6) is 11.5 Å². The summed E-state index contributed by atoms with van der Waals surface area (Å²) >= 11 is 0. The zero-order chi connectivity index (χ0) is 13.1. The largest absolute Gasteiger partial charge is 0.565 e. The molecule has 2 rings (SSSR count). The van der Waals surface area contributed by atoms with Crippen molar-refractivity contribution in [3.8, 4) is 11.5 Å². The SMILES string of the molecule is CC1=CC(c2c(O)c[c-]cc2OC(C)C)CCC1.[B].[Pr]. The number of allylic oxidation sites excluding steroid dienone is 2. The van der Waals surface area contributed by atoms with E-state index in [0.29, 0.717) is 5.75 Å². The minimum absolute atomic E-state index is 0. The summed E-state index contributed by atoms with van der Waals surface area (Å²) in [7, 11) is 0. The number of phenolic OH excluding ortho intramolecular Hbond substituents is 1. The van der Waals surface area contributed by atoms with Gasteiger partial charge in [-0.15, -0.1) is 12.1 Å². The molecule has 1 unspecified atom stereocenters. The minimum atomic E-state index is 0. The number of hydrogen-bond acceptors (Lipinski definition) is 2. The summed E-state index contributed by atoms with van der Waals surface area (Å²) in [6, 6.07) is 6.38. The van der Waals surface area contributed by atoms with Crippen LogP contribution >= 0.6 is 0 Å². The molecule has 1 aliphatic carbocycles. The van der Waals surface area contributed by atoms with Gasteiger partial charge in [0.2, 0.25) is 0 Å². The molecule has 2 nitrogen and oxygen atoms in total. The van der Waals surface area contributed by atoms with Crippen LogP contribution in [0, 0.1) is 47.4 Å². The Balaban J connectivity index is 0.00000180. The van der Waals surface area contributed by atoms with Crippen molar-refractivity contribution in [1.29, 1.82) is 0 Å². The second-order valence-electron chi connectivity index (χ2n) is 5.30. The fourth-order valence-electron chi connectivity index (χ4n) is 2.54. The van der Waals surface area contributed by atoms with Crippen molar-refractivity contribution < 1.29 is 51.1 Å². The van der Waals surface area contributed by atoms with E-state index in [9.17, 15) is 5.11 Å². The van der Waals surface area contributed by atoms with E-state index < -0.39 is 0 Å². The van der Waals surface area contributed by atoms with Gasteiger partial charge in [0.15, 0.2) is 0 Å². The Labute approximate surface area is 157 Å². The average Bonchev–Trinajstić information content (AvgIpc) is 2.28. The smallest absolute Gasteiger partial charge is 0.0767 e. The Morgan fingerprint density at radius 2 is 2.05 bits per heavy atom. The van der Waals surface area contributed by atoms with Crippen molar-refractivity contribution in [2.24, 2.45) is 0 Å². The Morgan fingerprint density at radius 3 is 2.65 bits per heavy atom. The van der Waals surface area contributed by atoms with Crippen molar-refractivity contribution in [2.45, 2.75) is 52.1 Å². The molecule has 1 aromatic rings. The number of hydrogen-bond donors (Lipinski definition) is 1. The molecule has 0 heterocycles. The Kier molecular flexibility index (Phi) is 9.09. The second-order valence-corrected chi connectivity index (χ2v) is 5.30. The number of aromatic hydroxyl groups is 1. The molecule has 1 aromatic carbocycles. The van der Waals surface area contributed by atoms with Crippen molar-refractivity contribution in [3.05, 3.63) is 35.4 Å². The summed E-state index contributed by atoms with van der Waals surface area (Å²) < 4.78 is 5.79. The quantitative estimate of drug-likeness (QED) is 0.478. The van der Waals surface area contributed by atoms with Crippen LogP contribution in [0.4, 0.5) is 0 Å². The summed E-state index contributed by atoms with van der Waals surface area (Å²) in [5.74, 6) is 1.33. The van der Waals surface area contributed by atoms with Crippen molar-refractivity contribution in [1.82, 2.24) is 0 Å². The minimum Gasteiger partial charge on any atom is -0.565 e. The molecule has 0 spiro atoms. The van der Waals surface area contributed by atoms with Gasteiger partial charge < -0.3 is 9.84 Å². The maximum Gasteiger partial charge on any atom is 0.0767 e. The van der Waals surface area contributed by atoms with Gasteiger partial charge in [0.05, 0.1) is 6.10 Å². The first-order valence-corrected chi connectivity index (χ1v) is 6.65. The molecular formula is C16H21BO2Pr-. The van der Waals surface area contributed by atoms with E-state index in [1.54, 1.807) is 6.07 Å². The molecule has 0 saturated heterocycles. The Morgan fingerprint density at radius 1 is 1.35 bits per heavy atom. The van der Waals surface area contributed by atoms with E-state index in [1.165, 1.54) is 12.0 Å². The first-order valence-electron chi connectivity index (χ1n) is 6.65. The monoisotopic (exact) mass is 397 g/mol. The molecule has 0 aliphatic heterocycles. The summed E-state index contributed by atoms with van der Waals surface area (Å²) in [6.45, 7) is 6.15. The Bertz CT molecular complexity index is 458. The molecule has 1 atom stereocenters. The van der Waals surface area contributed by atoms with Gasteiger partial charge in [0, 0.05) is 61.2 Å². The van der Waals surface area contributed by atoms with Crippen molar-refractivity contribution in [2.75, 3.05) is 0 Å². The van der Waals surface area contributed by atoms with Gasteiger partial charge in [0.25, 0.3) is 0 Å². The zero-order valence-electron chi connectivity index (χ0n) is 12.5. The van der Waals surface area contributed by atoms with Gasteiger partial charge in [-0.2, -0.15) is 6.07 Å². The first kappa shape index (κ1) is 20.0. The van der Waals surface area contributed by atoms with Crippen LogP contribution in [0.15, 0.2) is 23.8 Å². The maximum absolute atomic E-state index is 10.1. The van der Waals surface area contributed by atoms with Gasteiger partial charge in [-0.1, -0.05) is 17.2 Å². The molecule has 0 aromatic heterocycles. The van der Waals surface area contributed by atoms with Gasteiger partial charge in [-0.25, -0.2) is 0 Å². The Hall–Kier alpha value is -0.0114. The van der Waals surface area contributed by atoms with Crippen LogP contribution in [0.3, 0.4) is 0 Å². The van der Waals surface area contributed by atoms with Crippen molar-refractivity contribution in [3.63, 3.8) is 0 Å². The summed E-state index contributed by atoms with van der Waals surface area (Å²) in [4.78, 5) is 0. The topological polar surface area (TPSA) is 29.5 Å². The average molecular weight is 397 g/mol. The molecule has 0 bridgehead atoms. The van der Waals surface area contributed by atoms with Crippen LogP contribution in [0.2, 0.25) is 0 Å². The third-order valence-corrected chi connectivity index (χ3v) is 3.28.